The second-order valence-corrected chi connectivity index (χ2v) is 11.0. The summed E-state index contributed by atoms with van der Waals surface area (Å²) in [6.45, 7) is 5.53. The Bertz CT molecular complexity index is 1240. The average Bonchev–Trinajstić information content (AvgIpc) is 3.40. The Hall–Kier alpha value is -3.15. The molecule has 2 fully saturated rings. The Balaban J connectivity index is 1.45. The van der Waals surface area contributed by atoms with Crippen molar-refractivity contribution in [1.29, 1.82) is 0 Å². The van der Waals surface area contributed by atoms with Gasteiger partial charge in [-0.1, -0.05) is 11.5 Å². The summed E-state index contributed by atoms with van der Waals surface area (Å²) in [4.78, 5) is 28.2. The van der Waals surface area contributed by atoms with E-state index in [2.05, 4.69) is 36.8 Å². The lowest BCUT2D eigenvalue weighted by atomic mass is 9.94. The van der Waals surface area contributed by atoms with Gasteiger partial charge in [-0.15, -0.1) is 0 Å². The van der Waals surface area contributed by atoms with Gasteiger partial charge in [0.25, 0.3) is 5.91 Å². The number of aromatic nitrogens is 4. The third-order valence-corrected chi connectivity index (χ3v) is 8.05. The van der Waals surface area contributed by atoms with Gasteiger partial charge in [0.05, 0.1) is 16.7 Å². The molecule has 2 aliphatic heterocycles. The maximum Gasteiger partial charge on any atom is 0.338 e. The van der Waals surface area contributed by atoms with Gasteiger partial charge in [-0.05, 0) is 103 Å². The van der Waals surface area contributed by atoms with Crippen molar-refractivity contribution >= 4 is 33.8 Å². The van der Waals surface area contributed by atoms with Crippen LogP contribution < -0.4 is 14.8 Å². The van der Waals surface area contributed by atoms with Gasteiger partial charge in [-0.25, -0.2) is 4.79 Å². The lowest BCUT2D eigenvalue weighted by Crippen LogP contribution is -2.38. The van der Waals surface area contributed by atoms with Crippen LogP contribution in [0.5, 0.6) is 11.5 Å². The zero-order chi connectivity index (χ0) is 27.4. The molecular formula is C27H35BrN6O5. The summed E-state index contributed by atoms with van der Waals surface area (Å²) in [5.41, 5.74) is 1.78. The lowest BCUT2D eigenvalue weighted by molar-refractivity contribution is -0.146. The SMILES string of the molecule is CCOc1cc(C2C(C(=O)OC3CCCCC3)=C(C)Nc3nnnn32)cc(Br)c1OCC(=O)N1CCCCC1. The Morgan fingerprint density at radius 1 is 1.08 bits per heavy atom. The highest BCUT2D eigenvalue weighted by Crippen LogP contribution is 2.43. The minimum Gasteiger partial charge on any atom is -0.490 e. The molecule has 0 spiro atoms. The number of anilines is 1. The van der Waals surface area contributed by atoms with Crippen LogP contribution in [-0.2, 0) is 14.3 Å². The molecule has 1 saturated heterocycles. The molecule has 0 radical (unpaired) electrons. The third kappa shape index (κ3) is 6.05. The topological polar surface area (TPSA) is 121 Å². The van der Waals surface area contributed by atoms with E-state index in [1.54, 1.807) is 4.68 Å². The number of rotatable bonds is 8. The molecule has 39 heavy (non-hydrogen) atoms. The monoisotopic (exact) mass is 602 g/mol. The first-order valence-electron chi connectivity index (χ1n) is 13.8. The van der Waals surface area contributed by atoms with E-state index in [9.17, 15) is 9.59 Å². The Kier molecular flexibility index (Phi) is 8.69. The van der Waals surface area contributed by atoms with Crippen LogP contribution in [0, 0.1) is 0 Å². The molecule has 1 aromatic carbocycles. The van der Waals surface area contributed by atoms with Crippen molar-refractivity contribution in [3.8, 4) is 11.5 Å². The number of halogens is 1. The molecule has 1 aliphatic carbocycles. The molecule has 1 amide bonds. The number of nitrogens with one attached hydrogen (secondary N) is 1. The normalized spacial score (nSPS) is 19.8. The Labute approximate surface area is 236 Å². The van der Waals surface area contributed by atoms with Gasteiger partial charge in [0.2, 0.25) is 5.95 Å². The van der Waals surface area contributed by atoms with Gasteiger partial charge < -0.3 is 24.4 Å². The smallest absolute Gasteiger partial charge is 0.338 e. The summed E-state index contributed by atoms with van der Waals surface area (Å²) in [6.07, 6.45) is 8.10. The van der Waals surface area contributed by atoms with Crippen LogP contribution in [0.2, 0.25) is 0 Å². The van der Waals surface area contributed by atoms with Crippen molar-refractivity contribution < 1.29 is 23.8 Å². The number of piperidine rings is 1. The summed E-state index contributed by atoms with van der Waals surface area (Å²) >= 11 is 3.62. The van der Waals surface area contributed by atoms with Crippen molar-refractivity contribution in [3.05, 3.63) is 33.4 Å². The molecule has 1 aromatic heterocycles. The number of tetrazole rings is 1. The highest BCUT2D eigenvalue weighted by atomic mass is 79.9. The molecule has 1 unspecified atom stereocenters. The Morgan fingerprint density at radius 3 is 2.56 bits per heavy atom. The first kappa shape index (κ1) is 27.4. The van der Waals surface area contributed by atoms with Crippen molar-refractivity contribution in [2.45, 2.75) is 77.4 Å². The molecule has 1 atom stereocenters. The minimum atomic E-state index is -0.646. The van der Waals surface area contributed by atoms with Gasteiger partial charge in [0.15, 0.2) is 18.1 Å². The van der Waals surface area contributed by atoms with Crippen molar-refractivity contribution in [2.24, 2.45) is 0 Å². The van der Waals surface area contributed by atoms with Crippen LogP contribution in [0.4, 0.5) is 5.95 Å². The number of hydrogen-bond acceptors (Lipinski definition) is 9. The standard InChI is InChI=1S/C27H35BrN6O5/c1-3-37-21-15-18(14-20(28)25(21)38-16-22(35)33-12-8-5-9-13-33)24-23(17(2)29-27-30-31-32-34(24)27)26(36)39-19-10-6-4-7-11-19/h14-15,19,24H,3-13,16H2,1-2H3,(H,29,30,32). The summed E-state index contributed by atoms with van der Waals surface area (Å²) in [5.74, 6) is 0.881. The van der Waals surface area contributed by atoms with Gasteiger partial charge >= 0.3 is 5.97 Å². The number of esters is 1. The quantitative estimate of drug-likeness (QED) is 0.438. The van der Waals surface area contributed by atoms with Gasteiger partial charge in [0.1, 0.15) is 12.1 Å². The van der Waals surface area contributed by atoms with E-state index in [1.807, 2.05) is 30.9 Å². The maximum absolute atomic E-state index is 13.6. The average molecular weight is 604 g/mol. The number of allylic oxidation sites excluding steroid dienone is 1. The van der Waals surface area contributed by atoms with Crippen LogP contribution in [0.25, 0.3) is 0 Å². The van der Waals surface area contributed by atoms with E-state index in [0.717, 1.165) is 58.0 Å². The van der Waals surface area contributed by atoms with E-state index in [4.69, 9.17) is 14.2 Å². The molecule has 1 saturated carbocycles. The maximum atomic E-state index is 13.6. The minimum absolute atomic E-state index is 0.0453. The molecule has 5 rings (SSSR count). The molecule has 12 heteroatoms. The van der Waals surface area contributed by atoms with Crippen LogP contribution in [0.1, 0.15) is 76.8 Å². The van der Waals surface area contributed by atoms with E-state index in [1.165, 1.54) is 6.42 Å². The fourth-order valence-corrected chi connectivity index (χ4v) is 6.07. The number of carbonyl (C=O) groups is 2. The van der Waals surface area contributed by atoms with Crippen molar-refractivity contribution in [3.63, 3.8) is 0 Å². The van der Waals surface area contributed by atoms with Gasteiger partial charge in [-0.2, -0.15) is 4.68 Å². The zero-order valence-electron chi connectivity index (χ0n) is 22.4. The van der Waals surface area contributed by atoms with E-state index >= 15 is 0 Å². The van der Waals surface area contributed by atoms with Gasteiger partial charge in [0, 0.05) is 18.8 Å². The van der Waals surface area contributed by atoms with Crippen LogP contribution in [-0.4, -0.2) is 69.4 Å². The second kappa shape index (κ2) is 12.4. The number of nitrogens with zero attached hydrogens (tertiary/aromatic N) is 5. The first-order chi connectivity index (χ1) is 19.0. The molecule has 3 heterocycles. The molecule has 2 aromatic rings. The highest BCUT2D eigenvalue weighted by Gasteiger charge is 2.37. The summed E-state index contributed by atoms with van der Waals surface area (Å²) < 4.78 is 20.1. The van der Waals surface area contributed by atoms with Crippen LogP contribution >= 0.6 is 15.9 Å². The molecule has 3 aliphatic rings. The number of amides is 1. The number of benzene rings is 1. The van der Waals surface area contributed by atoms with Gasteiger partial charge in [-0.3, -0.25) is 4.79 Å². The molecular weight excluding hydrogens is 568 g/mol. The van der Waals surface area contributed by atoms with E-state index in [0.29, 0.717) is 45.4 Å². The summed E-state index contributed by atoms with van der Waals surface area (Å²) in [5, 5.41) is 15.2. The van der Waals surface area contributed by atoms with Crippen molar-refractivity contribution in [1.82, 2.24) is 25.1 Å². The van der Waals surface area contributed by atoms with E-state index < -0.39 is 6.04 Å². The fourth-order valence-electron chi connectivity index (χ4n) is 5.50. The number of ether oxygens (including phenoxy) is 3. The molecule has 0 bridgehead atoms. The largest absolute Gasteiger partial charge is 0.490 e. The number of hydrogen-bond donors (Lipinski definition) is 1. The van der Waals surface area contributed by atoms with Crippen LogP contribution in [0.3, 0.4) is 0 Å². The van der Waals surface area contributed by atoms with Crippen LogP contribution in [0.15, 0.2) is 27.9 Å². The third-order valence-electron chi connectivity index (χ3n) is 7.46. The fraction of sp³-hybridized carbons (Fsp3) is 0.593. The molecule has 11 nitrogen and oxygen atoms in total. The molecule has 1 N–H and O–H groups in total. The predicted octanol–water partition coefficient (Wildman–Crippen LogP) is 4.39. The number of likely N-dealkylation sites (tertiary alicyclic amines) is 1. The number of carbonyl (C=O) groups excluding carboxylic acids is 2. The Morgan fingerprint density at radius 2 is 1.82 bits per heavy atom. The van der Waals surface area contributed by atoms with E-state index in [-0.39, 0.29) is 24.6 Å². The highest BCUT2D eigenvalue weighted by molar-refractivity contribution is 9.10. The lowest BCUT2D eigenvalue weighted by Gasteiger charge is -2.30. The molecule has 210 valence electrons. The van der Waals surface area contributed by atoms with Crippen molar-refractivity contribution in [2.75, 3.05) is 31.6 Å². The summed E-state index contributed by atoms with van der Waals surface area (Å²) in [6, 6.07) is 3.02. The second-order valence-electron chi connectivity index (χ2n) is 10.2. The number of fused-ring (bicyclic) bond motifs is 1. The summed E-state index contributed by atoms with van der Waals surface area (Å²) in [7, 11) is 0. The first-order valence-corrected chi connectivity index (χ1v) is 14.6. The zero-order valence-corrected chi connectivity index (χ0v) is 24.0. The predicted molar refractivity (Wildman–Crippen MR) is 146 cm³/mol.